The van der Waals surface area contributed by atoms with Crippen LogP contribution in [-0.4, -0.2) is 43.9 Å². The van der Waals surface area contributed by atoms with Crippen LogP contribution in [0.1, 0.15) is 27.2 Å². The third kappa shape index (κ3) is 6.46. The molecule has 0 aliphatic heterocycles. The number of benzene rings is 1. The first-order chi connectivity index (χ1) is 12.5. The molecule has 0 atom stereocenters. The summed E-state index contributed by atoms with van der Waals surface area (Å²) in [6.45, 7) is 3.41. The zero-order valence-corrected chi connectivity index (χ0v) is 16.2. The second-order valence-corrected chi connectivity index (χ2v) is 7.29. The van der Waals surface area contributed by atoms with Gasteiger partial charge >= 0.3 is 0 Å². The van der Waals surface area contributed by atoms with Gasteiger partial charge in [-0.25, -0.2) is 0 Å². The van der Waals surface area contributed by atoms with Crippen LogP contribution in [0.25, 0.3) is 6.08 Å². The maximum atomic E-state index is 12.5. The lowest BCUT2D eigenvalue weighted by Gasteiger charge is -2.12. The second kappa shape index (κ2) is 9.89. The summed E-state index contributed by atoms with van der Waals surface area (Å²) in [7, 11) is 3.98. The van der Waals surface area contributed by atoms with Crippen LogP contribution in [0.4, 0.5) is 0 Å². The van der Waals surface area contributed by atoms with E-state index in [1.807, 2.05) is 50.7 Å². The third-order valence-corrected chi connectivity index (χ3v) is 4.52. The van der Waals surface area contributed by atoms with Gasteiger partial charge in [0.25, 0.3) is 11.8 Å². The molecule has 2 N–H and O–H groups in total. The molecular formula is C20H25N3O2S. The van der Waals surface area contributed by atoms with Crippen molar-refractivity contribution in [3.05, 3.63) is 63.5 Å². The van der Waals surface area contributed by atoms with Crippen molar-refractivity contribution in [2.45, 2.75) is 13.3 Å². The van der Waals surface area contributed by atoms with Crippen molar-refractivity contribution in [2.24, 2.45) is 0 Å². The fourth-order valence-corrected chi connectivity index (χ4v) is 2.92. The minimum Gasteiger partial charge on any atom is -0.351 e. The van der Waals surface area contributed by atoms with Gasteiger partial charge < -0.3 is 15.5 Å². The largest absolute Gasteiger partial charge is 0.351 e. The monoisotopic (exact) mass is 371 g/mol. The lowest BCUT2D eigenvalue weighted by molar-refractivity contribution is -0.117. The Morgan fingerprint density at radius 3 is 2.50 bits per heavy atom. The van der Waals surface area contributed by atoms with E-state index in [-0.39, 0.29) is 17.5 Å². The number of nitrogens with zero attached hydrogens (tertiary/aromatic N) is 1. The van der Waals surface area contributed by atoms with Crippen molar-refractivity contribution in [3.8, 4) is 0 Å². The molecule has 0 aliphatic carbocycles. The van der Waals surface area contributed by atoms with Crippen LogP contribution >= 0.6 is 11.3 Å². The van der Waals surface area contributed by atoms with E-state index >= 15 is 0 Å². The first kappa shape index (κ1) is 19.9. The van der Waals surface area contributed by atoms with Gasteiger partial charge in [-0.3, -0.25) is 9.59 Å². The highest BCUT2D eigenvalue weighted by atomic mass is 32.1. The normalized spacial score (nSPS) is 11.5. The predicted octanol–water partition coefficient (Wildman–Crippen LogP) is 2.90. The summed E-state index contributed by atoms with van der Waals surface area (Å²) in [6, 6.07) is 11.1. The van der Waals surface area contributed by atoms with Gasteiger partial charge in [-0.1, -0.05) is 23.8 Å². The van der Waals surface area contributed by atoms with Gasteiger partial charge in [-0.2, -0.15) is 0 Å². The molecule has 6 heteroatoms. The number of aryl methyl sites for hydroxylation is 1. The molecule has 0 unspecified atom stereocenters. The Balaban J connectivity index is 2.07. The van der Waals surface area contributed by atoms with Crippen LogP contribution in [0.2, 0.25) is 0 Å². The van der Waals surface area contributed by atoms with E-state index in [2.05, 4.69) is 15.5 Å². The molecule has 0 saturated heterocycles. The quantitative estimate of drug-likeness (QED) is 0.554. The van der Waals surface area contributed by atoms with E-state index in [4.69, 9.17) is 0 Å². The number of hydrogen-bond donors (Lipinski definition) is 2. The van der Waals surface area contributed by atoms with Crippen LogP contribution < -0.4 is 10.6 Å². The van der Waals surface area contributed by atoms with Crippen LogP contribution in [0.5, 0.6) is 0 Å². The van der Waals surface area contributed by atoms with E-state index in [1.165, 1.54) is 11.3 Å². The summed E-state index contributed by atoms with van der Waals surface area (Å²) in [4.78, 5) is 28.0. The summed E-state index contributed by atoms with van der Waals surface area (Å²) >= 11 is 1.51. The van der Waals surface area contributed by atoms with E-state index in [9.17, 15) is 9.59 Å². The minimum atomic E-state index is -0.295. The molecule has 1 aromatic heterocycles. The Morgan fingerprint density at radius 1 is 1.15 bits per heavy atom. The molecule has 1 heterocycles. The van der Waals surface area contributed by atoms with Crippen molar-refractivity contribution in [3.63, 3.8) is 0 Å². The molecule has 2 rings (SSSR count). The summed E-state index contributed by atoms with van der Waals surface area (Å²) in [6.07, 6.45) is 2.55. The van der Waals surface area contributed by atoms with Gasteiger partial charge in [0.15, 0.2) is 0 Å². The summed E-state index contributed by atoms with van der Waals surface area (Å²) < 4.78 is 0. The smallest absolute Gasteiger partial charge is 0.267 e. The Bertz CT molecular complexity index is 750. The highest BCUT2D eigenvalue weighted by Gasteiger charge is 2.14. The number of rotatable bonds is 8. The van der Waals surface area contributed by atoms with E-state index < -0.39 is 0 Å². The first-order valence-electron chi connectivity index (χ1n) is 8.52. The van der Waals surface area contributed by atoms with Gasteiger partial charge in [0.05, 0.1) is 0 Å². The Kier molecular flexibility index (Phi) is 7.56. The molecule has 1 aromatic carbocycles. The predicted molar refractivity (Wildman–Crippen MR) is 107 cm³/mol. The third-order valence-electron chi connectivity index (χ3n) is 3.70. The second-order valence-electron chi connectivity index (χ2n) is 6.31. The highest BCUT2D eigenvalue weighted by Crippen LogP contribution is 2.13. The molecule has 2 aromatic rings. The van der Waals surface area contributed by atoms with E-state index in [0.29, 0.717) is 12.1 Å². The molecule has 2 amide bonds. The van der Waals surface area contributed by atoms with E-state index in [0.717, 1.165) is 23.4 Å². The molecule has 0 aliphatic rings. The van der Waals surface area contributed by atoms with Crippen molar-refractivity contribution in [1.82, 2.24) is 15.5 Å². The van der Waals surface area contributed by atoms with Crippen molar-refractivity contribution >= 4 is 29.2 Å². The molecule has 5 nitrogen and oxygen atoms in total. The molecule has 0 spiro atoms. The number of carbonyl (C=O) groups excluding carboxylic acids is 2. The van der Waals surface area contributed by atoms with E-state index in [1.54, 1.807) is 18.2 Å². The van der Waals surface area contributed by atoms with Gasteiger partial charge in [-0.05, 0) is 63.6 Å². The van der Waals surface area contributed by atoms with Gasteiger partial charge in [0.2, 0.25) is 0 Å². The zero-order valence-electron chi connectivity index (χ0n) is 15.4. The number of carbonyl (C=O) groups is 2. The van der Waals surface area contributed by atoms with Crippen LogP contribution in [0, 0.1) is 6.92 Å². The molecule has 0 fully saturated rings. The van der Waals surface area contributed by atoms with Crippen molar-refractivity contribution in [1.29, 1.82) is 0 Å². The van der Waals surface area contributed by atoms with Crippen LogP contribution in [0.3, 0.4) is 0 Å². The molecular weight excluding hydrogens is 346 g/mol. The average Bonchev–Trinajstić information content (AvgIpc) is 3.11. The number of nitrogens with one attached hydrogen (secondary N) is 2. The summed E-state index contributed by atoms with van der Waals surface area (Å²) in [5, 5.41) is 7.55. The van der Waals surface area contributed by atoms with Gasteiger partial charge in [-0.15, -0.1) is 11.3 Å². The molecule has 26 heavy (non-hydrogen) atoms. The van der Waals surface area contributed by atoms with Crippen molar-refractivity contribution in [2.75, 3.05) is 27.2 Å². The molecule has 0 bridgehead atoms. The highest BCUT2D eigenvalue weighted by molar-refractivity contribution is 7.10. The fourth-order valence-electron chi connectivity index (χ4n) is 2.27. The fraction of sp³-hybridized carbons (Fsp3) is 0.300. The Labute approximate surface area is 158 Å². The molecule has 0 saturated carbocycles. The minimum absolute atomic E-state index is 0.253. The van der Waals surface area contributed by atoms with Crippen LogP contribution in [-0.2, 0) is 4.79 Å². The molecule has 138 valence electrons. The lowest BCUT2D eigenvalue weighted by Crippen LogP contribution is -2.36. The summed E-state index contributed by atoms with van der Waals surface area (Å²) in [5.41, 5.74) is 1.85. The Morgan fingerprint density at radius 2 is 1.88 bits per heavy atom. The topological polar surface area (TPSA) is 61.4 Å². The zero-order chi connectivity index (χ0) is 18.9. The standard InChI is InChI=1S/C20H25N3O2S/c1-15-7-9-16(10-8-15)19(24)22-18(14-17-6-4-13-26-17)20(25)21-11-5-12-23(2)3/h4,6-10,13-14H,5,11-12H2,1-3H3,(H,21,25)(H,22,24)/b18-14-. The Hall–Kier alpha value is -2.44. The van der Waals surface area contributed by atoms with Gasteiger partial charge in [0, 0.05) is 17.0 Å². The maximum absolute atomic E-state index is 12.5. The average molecular weight is 372 g/mol. The SMILES string of the molecule is Cc1ccc(C(=O)N/C(=C\c2cccs2)C(=O)NCCCN(C)C)cc1. The number of hydrogen-bond acceptors (Lipinski definition) is 4. The summed E-state index contributed by atoms with van der Waals surface area (Å²) in [5.74, 6) is -0.575. The first-order valence-corrected chi connectivity index (χ1v) is 9.40. The van der Waals surface area contributed by atoms with Gasteiger partial charge in [0.1, 0.15) is 5.70 Å². The maximum Gasteiger partial charge on any atom is 0.267 e. The molecule has 0 radical (unpaired) electrons. The number of thiophene rings is 1. The van der Waals surface area contributed by atoms with Crippen LogP contribution in [0.15, 0.2) is 47.5 Å². The lowest BCUT2D eigenvalue weighted by atomic mass is 10.1. The number of amides is 2. The van der Waals surface area contributed by atoms with Crippen molar-refractivity contribution < 1.29 is 9.59 Å².